The molecule has 5 nitrogen and oxygen atoms in total. The van der Waals surface area contributed by atoms with Gasteiger partial charge in [-0.3, -0.25) is 9.48 Å². The minimum Gasteiger partial charge on any atom is -0.395 e. The molecule has 1 heterocycles. The molecule has 0 saturated carbocycles. The minimum atomic E-state index is -0.371. The molecule has 1 atom stereocenters. The lowest BCUT2D eigenvalue weighted by molar-refractivity contribution is -0.124. The number of nitrogens with one attached hydrogen (secondary N) is 1. The summed E-state index contributed by atoms with van der Waals surface area (Å²) in [4.78, 5) is 11.6. The van der Waals surface area contributed by atoms with E-state index in [0.29, 0.717) is 11.4 Å². The van der Waals surface area contributed by atoms with E-state index >= 15 is 0 Å². The summed E-state index contributed by atoms with van der Waals surface area (Å²) in [5.74, 6) is -0.161. The maximum Gasteiger partial charge on any atom is 0.244 e. The Morgan fingerprint density at radius 3 is 3.00 bits per heavy atom. The summed E-state index contributed by atoms with van der Waals surface area (Å²) < 4.78 is 1.52. The molecule has 1 aromatic rings. The van der Waals surface area contributed by atoms with E-state index in [1.807, 2.05) is 6.92 Å². The number of hydrogen-bond acceptors (Lipinski definition) is 3. The number of rotatable bonds is 5. The first-order valence-corrected chi connectivity index (χ1v) is 5.15. The molecule has 0 aliphatic heterocycles. The van der Waals surface area contributed by atoms with E-state index in [-0.39, 0.29) is 25.1 Å². The molecule has 0 fully saturated rings. The second kappa shape index (κ2) is 5.72. The Morgan fingerprint density at radius 1 is 1.80 bits per heavy atom. The lowest BCUT2D eigenvalue weighted by atomic mass is 10.2. The number of carbonyl (C=O) groups excluding carboxylic acids is 1. The van der Waals surface area contributed by atoms with E-state index in [0.717, 1.165) is 0 Å². The molecular weight excluding hydrogens is 218 g/mol. The van der Waals surface area contributed by atoms with Crippen molar-refractivity contribution in [3.8, 4) is 0 Å². The molecule has 6 heteroatoms. The first-order valence-electron chi connectivity index (χ1n) is 4.77. The number of carbonyl (C=O) groups is 1. The van der Waals surface area contributed by atoms with Gasteiger partial charge in [-0.05, 0) is 6.42 Å². The van der Waals surface area contributed by atoms with Gasteiger partial charge in [0.15, 0.2) is 0 Å². The Morgan fingerprint density at radius 2 is 2.53 bits per heavy atom. The van der Waals surface area contributed by atoms with Crippen molar-refractivity contribution in [3.05, 3.63) is 17.4 Å². The Labute approximate surface area is 93.0 Å². The molecule has 1 rings (SSSR count). The quantitative estimate of drug-likeness (QED) is 0.780. The number of aliphatic hydroxyl groups is 1. The van der Waals surface area contributed by atoms with Crippen LogP contribution >= 0.6 is 11.6 Å². The van der Waals surface area contributed by atoms with Gasteiger partial charge in [0.2, 0.25) is 5.91 Å². The highest BCUT2D eigenvalue weighted by Gasteiger charge is 2.18. The van der Waals surface area contributed by atoms with E-state index in [2.05, 4.69) is 10.4 Å². The minimum absolute atomic E-state index is 0.0674. The zero-order chi connectivity index (χ0) is 11.3. The van der Waals surface area contributed by atoms with Crippen LogP contribution in [0.1, 0.15) is 19.4 Å². The summed E-state index contributed by atoms with van der Waals surface area (Å²) in [6.07, 6.45) is 3.72. The van der Waals surface area contributed by atoms with Gasteiger partial charge in [-0.15, -0.1) is 0 Å². The number of amides is 1. The average molecular weight is 232 g/mol. The van der Waals surface area contributed by atoms with Crippen LogP contribution in [0.5, 0.6) is 0 Å². The zero-order valence-electron chi connectivity index (χ0n) is 8.48. The normalized spacial score (nSPS) is 12.5. The maximum absolute atomic E-state index is 11.6. The van der Waals surface area contributed by atoms with Crippen molar-refractivity contribution < 1.29 is 9.90 Å². The van der Waals surface area contributed by atoms with E-state index in [1.165, 1.54) is 10.9 Å². The van der Waals surface area contributed by atoms with Crippen LogP contribution in [-0.4, -0.2) is 33.9 Å². The molecule has 0 radical (unpaired) electrons. The Balaban J connectivity index is 2.66. The number of aromatic nitrogens is 2. The van der Waals surface area contributed by atoms with Crippen LogP contribution in [0.15, 0.2) is 12.4 Å². The van der Waals surface area contributed by atoms with Crippen molar-refractivity contribution >= 4 is 17.5 Å². The van der Waals surface area contributed by atoms with Gasteiger partial charge < -0.3 is 10.4 Å². The predicted molar refractivity (Wildman–Crippen MR) is 56.7 cm³/mol. The molecule has 0 spiro atoms. The van der Waals surface area contributed by atoms with Crippen LogP contribution in [-0.2, 0) is 4.79 Å². The molecule has 0 bridgehead atoms. The molecule has 2 N–H and O–H groups in total. The molecular formula is C9H14ClN3O2. The standard InChI is InChI=1S/C9H14ClN3O2/c1-2-8(9(15)11-3-4-14)13-6-7(10)5-12-13/h5-6,8,14H,2-4H2,1H3,(H,11,15). The molecule has 0 aliphatic carbocycles. The van der Waals surface area contributed by atoms with Gasteiger partial charge in [-0.25, -0.2) is 0 Å². The summed E-state index contributed by atoms with van der Waals surface area (Å²) in [5.41, 5.74) is 0. The largest absolute Gasteiger partial charge is 0.395 e. The van der Waals surface area contributed by atoms with E-state index < -0.39 is 0 Å². The molecule has 1 aromatic heterocycles. The van der Waals surface area contributed by atoms with Crippen LogP contribution in [0.3, 0.4) is 0 Å². The van der Waals surface area contributed by atoms with Gasteiger partial charge in [-0.1, -0.05) is 18.5 Å². The monoisotopic (exact) mass is 231 g/mol. The van der Waals surface area contributed by atoms with E-state index in [1.54, 1.807) is 6.20 Å². The van der Waals surface area contributed by atoms with Gasteiger partial charge in [-0.2, -0.15) is 5.10 Å². The van der Waals surface area contributed by atoms with Crippen molar-refractivity contribution in [2.24, 2.45) is 0 Å². The highest BCUT2D eigenvalue weighted by Crippen LogP contribution is 2.14. The van der Waals surface area contributed by atoms with Crippen LogP contribution in [0, 0.1) is 0 Å². The van der Waals surface area contributed by atoms with Gasteiger partial charge in [0.1, 0.15) is 6.04 Å². The van der Waals surface area contributed by atoms with Crippen molar-refractivity contribution in [1.82, 2.24) is 15.1 Å². The van der Waals surface area contributed by atoms with Crippen LogP contribution < -0.4 is 5.32 Å². The first-order chi connectivity index (χ1) is 7.19. The van der Waals surface area contributed by atoms with Crippen LogP contribution in [0.25, 0.3) is 0 Å². The van der Waals surface area contributed by atoms with Crippen molar-refractivity contribution in [1.29, 1.82) is 0 Å². The molecule has 1 unspecified atom stereocenters. The third-order valence-electron chi connectivity index (χ3n) is 1.99. The smallest absolute Gasteiger partial charge is 0.244 e. The summed E-state index contributed by atoms with van der Waals surface area (Å²) in [6, 6.07) is -0.371. The van der Waals surface area contributed by atoms with Crippen molar-refractivity contribution in [3.63, 3.8) is 0 Å². The number of aliphatic hydroxyl groups excluding tert-OH is 1. The van der Waals surface area contributed by atoms with Gasteiger partial charge >= 0.3 is 0 Å². The molecule has 1 amide bonds. The molecule has 0 aliphatic rings. The predicted octanol–water partition coefficient (Wildman–Crippen LogP) is 0.596. The van der Waals surface area contributed by atoms with E-state index in [9.17, 15) is 4.79 Å². The zero-order valence-corrected chi connectivity index (χ0v) is 9.24. The third kappa shape index (κ3) is 3.21. The fraction of sp³-hybridized carbons (Fsp3) is 0.556. The van der Waals surface area contributed by atoms with E-state index in [4.69, 9.17) is 16.7 Å². The van der Waals surface area contributed by atoms with Crippen LogP contribution in [0.4, 0.5) is 0 Å². The Kier molecular flexibility index (Phi) is 4.58. The summed E-state index contributed by atoms with van der Waals surface area (Å²) in [5, 5.41) is 15.7. The Hall–Kier alpha value is -1.07. The topological polar surface area (TPSA) is 67.2 Å². The SMILES string of the molecule is CCC(C(=O)NCCO)n1cc(Cl)cn1. The highest BCUT2D eigenvalue weighted by atomic mass is 35.5. The highest BCUT2D eigenvalue weighted by molar-refractivity contribution is 6.30. The van der Waals surface area contributed by atoms with Crippen molar-refractivity contribution in [2.45, 2.75) is 19.4 Å². The van der Waals surface area contributed by atoms with Gasteiger partial charge in [0.05, 0.1) is 17.8 Å². The number of halogens is 1. The van der Waals surface area contributed by atoms with Gasteiger partial charge in [0.25, 0.3) is 0 Å². The number of hydrogen-bond donors (Lipinski definition) is 2. The molecule has 15 heavy (non-hydrogen) atoms. The fourth-order valence-corrected chi connectivity index (χ4v) is 1.42. The van der Waals surface area contributed by atoms with Crippen LogP contribution in [0.2, 0.25) is 5.02 Å². The Bertz CT molecular complexity index is 327. The summed E-state index contributed by atoms with van der Waals surface area (Å²) in [7, 11) is 0. The average Bonchev–Trinajstić information content (AvgIpc) is 2.63. The molecule has 0 aromatic carbocycles. The first kappa shape index (κ1) is 12.0. The lowest BCUT2D eigenvalue weighted by Crippen LogP contribution is -2.34. The maximum atomic E-state index is 11.6. The second-order valence-electron chi connectivity index (χ2n) is 3.08. The lowest BCUT2D eigenvalue weighted by Gasteiger charge is -2.14. The summed E-state index contributed by atoms with van der Waals surface area (Å²) >= 11 is 5.72. The van der Waals surface area contributed by atoms with Crippen molar-refractivity contribution in [2.75, 3.05) is 13.2 Å². The second-order valence-corrected chi connectivity index (χ2v) is 3.51. The fourth-order valence-electron chi connectivity index (χ4n) is 1.27. The van der Waals surface area contributed by atoms with Gasteiger partial charge in [0, 0.05) is 12.7 Å². The molecule has 84 valence electrons. The number of nitrogens with zero attached hydrogens (tertiary/aromatic N) is 2. The summed E-state index contributed by atoms with van der Waals surface area (Å²) in [6.45, 7) is 2.07. The molecule has 0 saturated heterocycles. The third-order valence-corrected chi connectivity index (χ3v) is 2.18.